The fourth-order valence-corrected chi connectivity index (χ4v) is 3.00. The van der Waals surface area contributed by atoms with Crippen LogP contribution in [0, 0.1) is 5.95 Å². The number of hydrogen-bond donors (Lipinski definition) is 0. The molecule has 0 saturated carbocycles. The molecule has 0 N–H and O–H groups in total. The van der Waals surface area contributed by atoms with Crippen molar-refractivity contribution in [3.8, 4) is 11.1 Å². The zero-order valence-corrected chi connectivity index (χ0v) is 14.8. The molecule has 3 heteroatoms. The van der Waals surface area contributed by atoms with Gasteiger partial charge in [-0.3, -0.25) is 0 Å². The highest BCUT2D eigenvalue weighted by Gasteiger charge is 2.12. The van der Waals surface area contributed by atoms with Crippen LogP contribution in [0.3, 0.4) is 0 Å². The van der Waals surface area contributed by atoms with Crippen molar-refractivity contribution in [2.75, 3.05) is 0 Å². The van der Waals surface area contributed by atoms with Crippen LogP contribution in [0.4, 0.5) is 4.39 Å². The van der Waals surface area contributed by atoms with Gasteiger partial charge in [0, 0.05) is 12.1 Å². The molecule has 114 valence electrons. The van der Waals surface area contributed by atoms with Crippen LogP contribution in [0.15, 0.2) is 72.9 Å². The Morgan fingerprint density at radius 3 is 2.17 bits per heavy atom. The summed E-state index contributed by atoms with van der Waals surface area (Å²) in [5, 5.41) is 4.74. The van der Waals surface area contributed by atoms with Gasteiger partial charge in [0.2, 0.25) is 0 Å². The number of hydrogen-bond acceptors (Lipinski definition) is 0. The summed E-state index contributed by atoms with van der Waals surface area (Å²) in [4.78, 5) is 0. The van der Waals surface area contributed by atoms with Crippen LogP contribution in [0.2, 0.25) is 0 Å². The van der Waals surface area contributed by atoms with Crippen LogP contribution in [0.1, 0.15) is 0 Å². The third-order valence-electron chi connectivity index (χ3n) is 4.17. The lowest BCUT2D eigenvalue weighted by Gasteiger charge is -2.10. The molecule has 1 nitrogen and oxygen atoms in total. The summed E-state index contributed by atoms with van der Waals surface area (Å²) in [7, 11) is 1.71. The van der Waals surface area contributed by atoms with Crippen molar-refractivity contribution >= 4 is 21.5 Å². The highest BCUT2D eigenvalue weighted by Crippen LogP contribution is 2.34. The molecule has 0 bridgehead atoms. The summed E-state index contributed by atoms with van der Waals surface area (Å²) < 4.78 is 15.4. The van der Waals surface area contributed by atoms with E-state index in [-0.39, 0.29) is 29.9 Å². The topological polar surface area (TPSA) is 3.88 Å². The van der Waals surface area contributed by atoms with E-state index < -0.39 is 0 Å². The lowest BCUT2D eigenvalue weighted by atomic mass is 9.94. The Balaban J connectivity index is 0.00000156. The molecule has 0 aliphatic carbocycles. The van der Waals surface area contributed by atoms with E-state index in [1.54, 1.807) is 19.3 Å². The monoisotopic (exact) mass is 415 g/mol. The maximum atomic E-state index is 13.9. The van der Waals surface area contributed by atoms with Crippen molar-refractivity contribution in [1.82, 2.24) is 0 Å². The minimum absolute atomic E-state index is 0. The SMILES string of the molecule is C[n+]1ccc(-c2cc3ccccc3c3ccccc23)cc1F.[I-]. The second-order valence-electron chi connectivity index (χ2n) is 5.54. The number of fused-ring (bicyclic) bond motifs is 3. The normalized spacial score (nSPS) is 10.7. The van der Waals surface area contributed by atoms with Gasteiger partial charge in [0.15, 0.2) is 6.20 Å². The van der Waals surface area contributed by atoms with Crippen LogP contribution in [0.25, 0.3) is 32.7 Å². The van der Waals surface area contributed by atoms with Gasteiger partial charge in [0.1, 0.15) is 7.05 Å². The fourth-order valence-electron chi connectivity index (χ4n) is 3.00. The Morgan fingerprint density at radius 1 is 0.783 bits per heavy atom. The molecular weight excluding hydrogens is 400 g/mol. The first-order valence-corrected chi connectivity index (χ1v) is 7.30. The lowest BCUT2D eigenvalue weighted by molar-refractivity contribution is -0.700. The average Bonchev–Trinajstić information content (AvgIpc) is 2.57. The summed E-state index contributed by atoms with van der Waals surface area (Å²) in [5.74, 6) is -0.241. The van der Waals surface area contributed by atoms with Gasteiger partial charge >= 0.3 is 5.95 Å². The van der Waals surface area contributed by atoms with E-state index >= 15 is 0 Å². The Kier molecular flexibility index (Phi) is 4.31. The van der Waals surface area contributed by atoms with Crippen LogP contribution in [-0.4, -0.2) is 0 Å². The van der Waals surface area contributed by atoms with Crippen molar-refractivity contribution in [2.24, 2.45) is 7.05 Å². The molecule has 0 aliphatic heterocycles. The molecule has 1 heterocycles. The smallest absolute Gasteiger partial charge is 0.359 e. The van der Waals surface area contributed by atoms with E-state index in [1.807, 2.05) is 24.3 Å². The molecule has 0 aliphatic rings. The predicted molar refractivity (Wildman–Crippen MR) is 88.0 cm³/mol. The van der Waals surface area contributed by atoms with Gasteiger partial charge < -0.3 is 24.0 Å². The van der Waals surface area contributed by atoms with Crippen LogP contribution >= 0.6 is 0 Å². The number of aromatic nitrogens is 1. The second-order valence-corrected chi connectivity index (χ2v) is 5.54. The van der Waals surface area contributed by atoms with E-state index in [0.717, 1.165) is 16.5 Å². The van der Waals surface area contributed by atoms with Gasteiger partial charge in [0.25, 0.3) is 0 Å². The van der Waals surface area contributed by atoms with Crippen LogP contribution < -0.4 is 28.5 Å². The summed E-state index contributed by atoms with van der Waals surface area (Å²) in [6, 6.07) is 22.3. The van der Waals surface area contributed by atoms with E-state index in [1.165, 1.54) is 20.7 Å². The van der Waals surface area contributed by atoms with Crippen molar-refractivity contribution in [2.45, 2.75) is 0 Å². The van der Waals surface area contributed by atoms with Gasteiger partial charge in [-0.2, -0.15) is 4.57 Å². The zero-order chi connectivity index (χ0) is 15.1. The van der Waals surface area contributed by atoms with Crippen molar-refractivity contribution in [3.63, 3.8) is 0 Å². The molecule has 0 spiro atoms. The van der Waals surface area contributed by atoms with Gasteiger partial charge in [-0.25, -0.2) is 0 Å². The zero-order valence-electron chi connectivity index (χ0n) is 12.6. The number of rotatable bonds is 1. The highest BCUT2D eigenvalue weighted by atomic mass is 127. The van der Waals surface area contributed by atoms with E-state index in [4.69, 9.17) is 0 Å². The van der Waals surface area contributed by atoms with Crippen molar-refractivity contribution in [1.29, 1.82) is 0 Å². The first-order chi connectivity index (χ1) is 10.7. The minimum atomic E-state index is -0.241. The average molecular weight is 415 g/mol. The molecule has 0 amide bonds. The minimum Gasteiger partial charge on any atom is -1.00 e. The molecule has 4 aromatic rings. The van der Waals surface area contributed by atoms with Crippen LogP contribution in [0.5, 0.6) is 0 Å². The molecule has 4 rings (SSSR count). The maximum absolute atomic E-state index is 13.9. The second kappa shape index (κ2) is 6.24. The third kappa shape index (κ3) is 2.70. The number of aryl methyl sites for hydroxylation is 1. The third-order valence-corrected chi connectivity index (χ3v) is 4.17. The summed E-state index contributed by atoms with van der Waals surface area (Å²) in [6.07, 6.45) is 1.76. The first-order valence-electron chi connectivity index (χ1n) is 7.30. The number of pyridine rings is 1. The molecule has 0 fully saturated rings. The maximum Gasteiger partial charge on any atom is 0.359 e. The molecule has 0 radical (unpaired) electrons. The Morgan fingerprint density at radius 2 is 1.43 bits per heavy atom. The van der Waals surface area contributed by atoms with Gasteiger partial charge in [-0.15, -0.1) is 4.39 Å². The Hall–Kier alpha value is -2.01. The molecule has 23 heavy (non-hydrogen) atoms. The standard InChI is InChI=1S/C20H15FN.HI/c1-22-11-10-15(13-20(22)21)19-12-14-6-2-3-7-16(14)17-8-4-5-9-18(17)19;/h2-13H,1H3;1H/q+1;/p-1. The van der Waals surface area contributed by atoms with Crippen molar-refractivity contribution in [3.05, 3.63) is 78.9 Å². The van der Waals surface area contributed by atoms with Gasteiger partial charge in [-0.05, 0) is 38.7 Å². The van der Waals surface area contributed by atoms with Crippen LogP contribution in [-0.2, 0) is 7.05 Å². The lowest BCUT2D eigenvalue weighted by Crippen LogP contribution is -3.00. The number of halogens is 2. The van der Waals surface area contributed by atoms with E-state index in [9.17, 15) is 4.39 Å². The fraction of sp³-hybridized carbons (Fsp3) is 0.0500. The molecule has 0 unspecified atom stereocenters. The largest absolute Gasteiger partial charge is 1.00 e. The molecule has 0 atom stereocenters. The number of nitrogens with zero attached hydrogens (tertiary/aromatic N) is 1. The van der Waals surface area contributed by atoms with Gasteiger partial charge in [-0.1, -0.05) is 48.5 Å². The summed E-state index contributed by atoms with van der Waals surface area (Å²) in [6.45, 7) is 0. The molecular formula is C20H15FIN. The number of benzene rings is 3. The molecule has 1 aromatic heterocycles. The Bertz CT molecular complexity index is 1010. The highest BCUT2D eigenvalue weighted by molar-refractivity contribution is 6.13. The Labute approximate surface area is 151 Å². The van der Waals surface area contributed by atoms with E-state index in [2.05, 4.69) is 36.4 Å². The first kappa shape index (κ1) is 15.9. The summed E-state index contributed by atoms with van der Waals surface area (Å²) >= 11 is 0. The van der Waals surface area contributed by atoms with Crippen molar-refractivity contribution < 1.29 is 32.9 Å². The quantitative estimate of drug-likeness (QED) is 0.193. The van der Waals surface area contributed by atoms with Gasteiger partial charge in [0.05, 0.1) is 0 Å². The molecule has 3 aromatic carbocycles. The summed E-state index contributed by atoms with van der Waals surface area (Å²) in [5.41, 5.74) is 1.96. The predicted octanol–water partition coefficient (Wildman–Crippen LogP) is 1.63. The molecule has 0 saturated heterocycles. The van der Waals surface area contributed by atoms with E-state index in [0.29, 0.717) is 0 Å².